The first-order chi connectivity index (χ1) is 11.7. The van der Waals surface area contributed by atoms with E-state index in [1.165, 1.54) is 24.8 Å². The van der Waals surface area contributed by atoms with Crippen LogP contribution in [0.1, 0.15) is 36.1 Å². The fourth-order valence-electron chi connectivity index (χ4n) is 4.87. The average Bonchev–Trinajstić information content (AvgIpc) is 3.47. The lowest BCUT2D eigenvalue weighted by Crippen LogP contribution is -2.27. The summed E-state index contributed by atoms with van der Waals surface area (Å²) in [6, 6.07) is 15.3. The third-order valence-electron chi connectivity index (χ3n) is 6.34. The Balaban J connectivity index is 1.53. The van der Waals surface area contributed by atoms with Gasteiger partial charge in [0.15, 0.2) is 0 Å². The van der Waals surface area contributed by atoms with Crippen molar-refractivity contribution in [2.75, 3.05) is 13.6 Å². The molecule has 1 aromatic heterocycles. The van der Waals surface area contributed by atoms with Crippen molar-refractivity contribution in [1.29, 1.82) is 0 Å². The van der Waals surface area contributed by atoms with Gasteiger partial charge in [-0.3, -0.25) is 4.98 Å². The first-order valence-electron chi connectivity index (χ1n) is 9.03. The molecule has 3 atom stereocenters. The molecule has 0 radical (unpaired) electrons. The van der Waals surface area contributed by atoms with Crippen molar-refractivity contribution < 1.29 is 0 Å². The van der Waals surface area contributed by atoms with Gasteiger partial charge in [0.25, 0.3) is 0 Å². The summed E-state index contributed by atoms with van der Waals surface area (Å²) in [6.45, 7) is 3.22. The summed E-state index contributed by atoms with van der Waals surface area (Å²) in [5.41, 5.74) is 4.80. The zero-order valence-electron chi connectivity index (χ0n) is 14.6. The van der Waals surface area contributed by atoms with Gasteiger partial charge in [-0.25, -0.2) is 0 Å². The molecule has 0 spiro atoms. The van der Waals surface area contributed by atoms with E-state index in [9.17, 15) is 0 Å². The number of fused-ring (bicyclic) bond motifs is 1. The minimum atomic E-state index is 0.404. The maximum atomic E-state index is 4.48. The van der Waals surface area contributed by atoms with Crippen LogP contribution in [-0.2, 0) is 5.41 Å². The van der Waals surface area contributed by atoms with Crippen LogP contribution >= 0.6 is 0 Å². The van der Waals surface area contributed by atoms with E-state index in [4.69, 9.17) is 0 Å². The third kappa shape index (κ3) is 2.24. The number of hydrogen-bond donors (Lipinski definition) is 1. The van der Waals surface area contributed by atoms with Crippen LogP contribution < -0.4 is 5.32 Å². The molecule has 1 aromatic carbocycles. The lowest BCUT2D eigenvalue weighted by atomic mass is 9.77. The molecule has 4 rings (SSSR count). The average molecular weight is 318 g/mol. The van der Waals surface area contributed by atoms with Crippen molar-refractivity contribution in [2.24, 2.45) is 11.3 Å². The predicted molar refractivity (Wildman–Crippen MR) is 99.8 cm³/mol. The molecule has 0 bridgehead atoms. The molecule has 2 fully saturated rings. The number of benzene rings is 1. The number of nitrogens with zero attached hydrogens (tertiary/aromatic N) is 1. The highest BCUT2D eigenvalue weighted by Gasteiger charge is 2.87. The largest absolute Gasteiger partial charge is 0.320 e. The highest BCUT2D eigenvalue weighted by molar-refractivity contribution is 5.54. The van der Waals surface area contributed by atoms with Gasteiger partial charge in [0.05, 0.1) is 5.69 Å². The molecular formula is C22H26N2. The van der Waals surface area contributed by atoms with Crippen molar-refractivity contribution in [3.05, 3.63) is 71.6 Å². The normalized spacial score (nSPS) is 30.3. The number of aromatic nitrogens is 1. The van der Waals surface area contributed by atoms with Crippen molar-refractivity contribution in [3.63, 3.8) is 0 Å². The van der Waals surface area contributed by atoms with Crippen LogP contribution in [0.2, 0.25) is 0 Å². The quantitative estimate of drug-likeness (QED) is 0.820. The summed E-state index contributed by atoms with van der Waals surface area (Å²) in [5, 5.41) is 3.35. The molecule has 2 aromatic rings. The molecule has 0 aliphatic heterocycles. The minimum absolute atomic E-state index is 0.404. The number of nitrogens with one attached hydrogen (secondary N) is 1. The maximum absolute atomic E-state index is 4.48. The maximum Gasteiger partial charge on any atom is 0.0655 e. The van der Waals surface area contributed by atoms with Crippen LogP contribution in [0, 0.1) is 18.3 Å². The zero-order chi connectivity index (χ0) is 16.6. The van der Waals surface area contributed by atoms with E-state index in [-0.39, 0.29) is 0 Å². The Morgan fingerprint density at radius 1 is 1.21 bits per heavy atom. The van der Waals surface area contributed by atoms with E-state index >= 15 is 0 Å². The molecule has 2 aliphatic rings. The smallest absolute Gasteiger partial charge is 0.0655 e. The monoisotopic (exact) mass is 318 g/mol. The Morgan fingerprint density at radius 2 is 2.04 bits per heavy atom. The molecule has 2 heteroatoms. The summed E-state index contributed by atoms with van der Waals surface area (Å²) in [5.74, 6) is 0.871. The zero-order valence-corrected chi connectivity index (χ0v) is 14.6. The second-order valence-electron chi connectivity index (χ2n) is 7.42. The van der Waals surface area contributed by atoms with Gasteiger partial charge in [-0.2, -0.15) is 0 Å². The van der Waals surface area contributed by atoms with E-state index in [1.807, 2.05) is 12.3 Å². The van der Waals surface area contributed by atoms with E-state index in [0.29, 0.717) is 10.8 Å². The summed E-state index contributed by atoms with van der Waals surface area (Å²) in [6.07, 6.45) is 10.3. The summed E-state index contributed by atoms with van der Waals surface area (Å²) in [7, 11) is 2.06. The molecule has 0 amide bonds. The van der Waals surface area contributed by atoms with Crippen LogP contribution in [0.4, 0.5) is 0 Å². The van der Waals surface area contributed by atoms with Crippen LogP contribution in [0.5, 0.6) is 0 Å². The molecule has 2 aliphatic carbocycles. The van der Waals surface area contributed by atoms with E-state index in [0.717, 1.165) is 18.2 Å². The first kappa shape index (κ1) is 15.6. The van der Waals surface area contributed by atoms with Gasteiger partial charge in [-0.15, -0.1) is 0 Å². The second kappa shape index (κ2) is 5.86. The third-order valence-corrected chi connectivity index (χ3v) is 6.34. The van der Waals surface area contributed by atoms with Crippen LogP contribution in [0.3, 0.4) is 0 Å². The number of hydrogen-bond acceptors (Lipinski definition) is 2. The lowest BCUT2D eigenvalue weighted by molar-refractivity contribution is 0.381. The molecule has 24 heavy (non-hydrogen) atoms. The second-order valence-corrected chi connectivity index (χ2v) is 7.42. The van der Waals surface area contributed by atoms with Gasteiger partial charge in [-0.1, -0.05) is 42.5 Å². The Labute approximate surface area is 145 Å². The van der Waals surface area contributed by atoms with Crippen molar-refractivity contribution in [2.45, 2.75) is 31.6 Å². The predicted octanol–water partition coefficient (Wildman–Crippen LogP) is 4.36. The number of pyridine rings is 1. The van der Waals surface area contributed by atoms with Crippen molar-refractivity contribution in [1.82, 2.24) is 10.3 Å². The van der Waals surface area contributed by atoms with E-state index in [1.54, 1.807) is 5.56 Å². The molecule has 1 N–H and O–H groups in total. The Kier molecular flexibility index (Phi) is 3.80. The Bertz CT molecular complexity index is 752. The van der Waals surface area contributed by atoms with Gasteiger partial charge in [0.2, 0.25) is 0 Å². The number of aryl methyl sites for hydroxylation is 1. The van der Waals surface area contributed by atoms with Gasteiger partial charge in [-0.05, 0) is 74.4 Å². The summed E-state index contributed by atoms with van der Waals surface area (Å²) < 4.78 is 0. The van der Waals surface area contributed by atoms with Gasteiger partial charge >= 0.3 is 0 Å². The molecular weight excluding hydrogens is 292 g/mol. The fourth-order valence-corrected chi connectivity index (χ4v) is 4.87. The van der Waals surface area contributed by atoms with Crippen LogP contribution in [-0.4, -0.2) is 18.6 Å². The highest BCUT2D eigenvalue weighted by atomic mass is 14.9. The van der Waals surface area contributed by atoms with Gasteiger partial charge < -0.3 is 5.32 Å². The molecule has 1 heterocycles. The standard InChI is InChI=1S/C22H26N2/c1-17-8-7-14-24-19(17)11-6-12-21-16-20(21)22(21,13-15-23-2)18-9-4-3-5-10-18/h3-11,14,20,23H,12-13,15-16H2,1-2H3/b11-6-/t20-,21?,22-/m0/s1. The fraction of sp³-hybridized carbons (Fsp3) is 0.409. The van der Waals surface area contributed by atoms with Crippen molar-refractivity contribution >= 4 is 6.08 Å². The molecule has 1 unspecified atom stereocenters. The minimum Gasteiger partial charge on any atom is -0.320 e. The Hall–Kier alpha value is -1.93. The number of allylic oxidation sites excluding steroid dienone is 1. The topological polar surface area (TPSA) is 24.9 Å². The summed E-state index contributed by atoms with van der Waals surface area (Å²) >= 11 is 0. The molecule has 0 saturated heterocycles. The van der Waals surface area contributed by atoms with Gasteiger partial charge in [0.1, 0.15) is 0 Å². The number of rotatable bonds is 7. The SMILES string of the molecule is CNCC[C@]1(c2ccccc2)[C@H]2CC21C/C=C\c1ncccc1C. The van der Waals surface area contributed by atoms with Crippen LogP contribution in [0.25, 0.3) is 6.08 Å². The van der Waals surface area contributed by atoms with Crippen LogP contribution in [0.15, 0.2) is 54.7 Å². The Morgan fingerprint density at radius 3 is 2.75 bits per heavy atom. The highest BCUT2D eigenvalue weighted by Crippen LogP contribution is 2.90. The van der Waals surface area contributed by atoms with E-state index < -0.39 is 0 Å². The van der Waals surface area contributed by atoms with Gasteiger partial charge in [0, 0.05) is 11.6 Å². The van der Waals surface area contributed by atoms with E-state index in [2.05, 4.69) is 72.8 Å². The molecule has 124 valence electrons. The molecule has 2 nitrogen and oxygen atoms in total. The molecule has 2 saturated carbocycles. The van der Waals surface area contributed by atoms with Crippen molar-refractivity contribution in [3.8, 4) is 0 Å². The lowest BCUT2D eigenvalue weighted by Gasteiger charge is -2.28. The summed E-state index contributed by atoms with van der Waals surface area (Å²) in [4.78, 5) is 4.48. The first-order valence-corrected chi connectivity index (χ1v) is 9.03.